The average molecular weight is 432 g/mol. The average Bonchev–Trinajstić information content (AvgIpc) is 2.93. The van der Waals surface area contributed by atoms with Gasteiger partial charge in [-0.05, 0) is 43.3 Å². The molecule has 3 rings (SSSR count). The number of benzene rings is 2. The molecule has 0 bridgehead atoms. The predicted octanol–water partition coefficient (Wildman–Crippen LogP) is 3.96. The van der Waals surface area contributed by atoms with Crippen molar-refractivity contribution in [1.29, 1.82) is 0 Å². The molecule has 2 aromatic carbocycles. The first kappa shape index (κ1) is 19.0. The lowest BCUT2D eigenvalue weighted by atomic mass is 9.95. The summed E-state index contributed by atoms with van der Waals surface area (Å²) in [4.78, 5) is 26.5. The number of aliphatic hydroxyl groups excluding tert-OH is 1. The lowest BCUT2D eigenvalue weighted by Gasteiger charge is -2.28. The number of methoxy groups -OCH3 is 2. The first-order valence-electron chi connectivity index (χ1n) is 8.14. The van der Waals surface area contributed by atoms with Crippen molar-refractivity contribution in [2.75, 3.05) is 19.1 Å². The van der Waals surface area contributed by atoms with Gasteiger partial charge in [-0.2, -0.15) is 0 Å². The minimum Gasteiger partial charge on any atom is -0.503 e. The van der Waals surface area contributed by atoms with E-state index in [0.29, 0.717) is 22.7 Å². The second-order valence-corrected chi connectivity index (χ2v) is 6.90. The highest BCUT2D eigenvalue weighted by atomic mass is 79.9. The van der Waals surface area contributed by atoms with E-state index in [1.165, 1.54) is 26.0 Å². The van der Waals surface area contributed by atoms with Gasteiger partial charge >= 0.3 is 0 Å². The fourth-order valence-electron chi connectivity index (χ4n) is 3.17. The summed E-state index contributed by atoms with van der Waals surface area (Å²) in [6, 6.07) is 11.4. The van der Waals surface area contributed by atoms with Crippen molar-refractivity contribution in [1.82, 2.24) is 0 Å². The smallest absolute Gasteiger partial charge is 0.294 e. The SMILES string of the molecule is COc1ccc([C@@H]2C(C(C)=O)=C(O)C(=O)N2c2ccc(Br)cc2)c(OC)c1. The first-order chi connectivity index (χ1) is 12.9. The standard InChI is InChI=1S/C20H18BrNO5/c1-11(23)17-18(15-9-8-14(26-2)10-16(15)27-3)22(20(25)19(17)24)13-6-4-12(21)5-7-13/h4-10,18,24H,1-3H3/t18-/m1/s1. The van der Waals surface area contributed by atoms with E-state index in [4.69, 9.17) is 9.47 Å². The van der Waals surface area contributed by atoms with E-state index < -0.39 is 17.7 Å². The highest BCUT2D eigenvalue weighted by molar-refractivity contribution is 9.10. The number of rotatable bonds is 5. The lowest BCUT2D eigenvalue weighted by Crippen LogP contribution is -2.31. The highest BCUT2D eigenvalue weighted by Gasteiger charge is 2.44. The van der Waals surface area contributed by atoms with Crippen LogP contribution in [-0.4, -0.2) is 31.0 Å². The molecular formula is C20H18BrNO5. The number of hydrogen-bond donors (Lipinski definition) is 1. The Morgan fingerprint density at radius 2 is 1.78 bits per heavy atom. The Morgan fingerprint density at radius 3 is 2.33 bits per heavy atom. The van der Waals surface area contributed by atoms with Gasteiger partial charge in [-0.3, -0.25) is 14.5 Å². The van der Waals surface area contributed by atoms with Gasteiger partial charge in [-0.15, -0.1) is 0 Å². The van der Waals surface area contributed by atoms with Gasteiger partial charge in [0.15, 0.2) is 11.5 Å². The molecule has 0 saturated heterocycles. The zero-order valence-electron chi connectivity index (χ0n) is 15.0. The Bertz CT molecular complexity index is 936. The molecule has 0 spiro atoms. The van der Waals surface area contributed by atoms with Crippen molar-refractivity contribution >= 4 is 33.3 Å². The summed E-state index contributed by atoms with van der Waals surface area (Å²) >= 11 is 3.36. The normalized spacial score (nSPS) is 16.7. The maximum Gasteiger partial charge on any atom is 0.294 e. The van der Waals surface area contributed by atoms with Crippen molar-refractivity contribution in [3.8, 4) is 11.5 Å². The summed E-state index contributed by atoms with van der Waals surface area (Å²) in [6.07, 6.45) is 0. The number of halogens is 1. The Labute approximate surface area is 165 Å². The quantitative estimate of drug-likeness (QED) is 0.775. The van der Waals surface area contributed by atoms with Crippen LogP contribution in [0.5, 0.6) is 11.5 Å². The van der Waals surface area contributed by atoms with Gasteiger partial charge in [0.05, 0.1) is 25.8 Å². The van der Waals surface area contributed by atoms with Crippen LogP contribution in [0.2, 0.25) is 0 Å². The van der Waals surface area contributed by atoms with Gasteiger partial charge in [0.2, 0.25) is 0 Å². The van der Waals surface area contributed by atoms with Crippen molar-refractivity contribution < 1.29 is 24.2 Å². The number of hydrogen-bond acceptors (Lipinski definition) is 5. The van der Waals surface area contributed by atoms with Crippen molar-refractivity contribution in [2.24, 2.45) is 0 Å². The van der Waals surface area contributed by atoms with Crippen LogP contribution in [0.3, 0.4) is 0 Å². The van der Waals surface area contributed by atoms with Crippen LogP contribution >= 0.6 is 15.9 Å². The van der Waals surface area contributed by atoms with Crippen LogP contribution in [0.25, 0.3) is 0 Å². The van der Waals surface area contributed by atoms with Gasteiger partial charge < -0.3 is 14.6 Å². The van der Waals surface area contributed by atoms with Crippen molar-refractivity contribution in [3.05, 3.63) is 63.8 Å². The molecule has 140 valence electrons. The second-order valence-electron chi connectivity index (χ2n) is 5.98. The summed E-state index contributed by atoms with van der Waals surface area (Å²) < 4.78 is 11.5. The number of aliphatic hydroxyl groups is 1. The van der Waals surface area contributed by atoms with Crippen LogP contribution in [0.4, 0.5) is 5.69 Å². The molecule has 1 aliphatic rings. The molecule has 2 aromatic rings. The van der Waals surface area contributed by atoms with Gasteiger partial charge in [0.25, 0.3) is 5.91 Å². The molecule has 1 heterocycles. The van der Waals surface area contributed by atoms with Gasteiger partial charge in [-0.25, -0.2) is 0 Å². The molecular weight excluding hydrogens is 414 g/mol. The third kappa shape index (κ3) is 3.30. The zero-order chi connectivity index (χ0) is 19.7. The summed E-state index contributed by atoms with van der Waals surface area (Å²) in [6.45, 7) is 1.33. The molecule has 27 heavy (non-hydrogen) atoms. The maximum atomic E-state index is 12.8. The number of carbonyl (C=O) groups is 2. The molecule has 1 atom stereocenters. The molecule has 0 aromatic heterocycles. The summed E-state index contributed by atoms with van der Waals surface area (Å²) in [5.74, 6) is -0.544. The largest absolute Gasteiger partial charge is 0.503 e. The van der Waals surface area contributed by atoms with E-state index in [2.05, 4.69) is 15.9 Å². The molecule has 1 N–H and O–H groups in total. The number of nitrogens with zero attached hydrogens (tertiary/aromatic N) is 1. The minimum atomic E-state index is -0.808. The Morgan fingerprint density at radius 1 is 1.11 bits per heavy atom. The van der Waals surface area contributed by atoms with Gasteiger partial charge in [-0.1, -0.05) is 15.9 Å². The van der Waals surface area contributed by atoms with E-state index in [0.717, 1.165) is 4.47 Å². The number of carbonyl (C=O) groups excluding carboxylic acids is 2. The number of amides is 1. The van der Waals surface area contributed by atoms with Crippen LogP contribution in [-0.2, 0) is 9.59 Å². The monoisotopic (exact) mass is 431 g/mol. The number of Topliss-reactive ketones (excluding diaryl/α,β-unsaturated/α-hetero) is 1. The molecule has 1 aliphatic heterocycles. The van der Waals surface area contributed by atoms with Crippen LogP contribution in [0, 0.1) is 0 Å². The molecule has 0 saturated carbocycles. The van der Waals surface area contributed by atoms with Crippen LogP contribution < -0.4 is 14.4 Å². The predicted molar refractivity (Wildman–Crippen MR) is 104 cm³/mol. The first-order valence-corrected chi connectivity index (χ1v) is 8.93. The number of ether oxygens (including phenoxy) is 2. The van der Waals surface area contributed by atoms with Gasteiger partial charge in [0, 0.05) is 21.8 Å². The zero-order valence-corrected chi connectivity index (χ0v) is 16.6. The van der Waals surface area contributed by atoms with Gasteiger partial charge in [0.1, 0.15) is 11.5 Å². The third-order valence-corrected chi connectivity index (χ3v) is 4.96. The summed E-state index contributed by atoms with van der Waals surface area (Å²) in [5.41, 5.74) is 1.16. The topological polar surface area (TPSA) is 76.1 Å². The molecule has 0 aliphatic carbocycles. The maximum absolute atomic E-state index is 12.8. The van der Waals surface area contributed by atoms with Crippen molar-refractivity contribution in [3.63, 3.8) is 0 Å². The van der Waals surface area contributed by atoms with Crippen molar-refractivity contribution in [2.45, 2.75) is 13.0 Å². The van der Waals surface area contributed by atoms with E-state index in [1.807, 2.05) is 0 Å². The Balaban J connectivity index is 2.22. The Hall–Kier alpha value is -2.80. The summed E-state index contributed by atoms with van der Waals surface area (Å²) in [7, 11) is 3.03. The molecule has 0 radical (unpaired) electrons. The lowest BCUT2D eigenvalue weighted by molar-refractivity contribution is -0.117. The van der Waals surface area contributed by atoms with E-state index in [1.54, 1.807) is 42.5 Å². The Kier molecular flexibility index (Phi) is 5.23. The van der Waals surface area contributed by atoms with Crippen LogP contribution in [0.1, 0.15) is 18.5 Å². The second kappa shape index (κ2) is 7.44. The van der Waals surface area contributed by atoms with E-state index in [9.17, 15) is 14.7 Å². The number of ketones is 1. The van der Waals surface area contributed by atoms with Crippen LogP contribution in [0.15, 0.2) is 58.3 Å². The van der Waals surface area contributed by atoms with E-state index >= 15 is 0 Å². The fraction of sp³-hybridized carbons (Fsp3) is 0.200. The molecule has 6 nitrogen and oxygen atoms in total. The van der Waals surface area contributed by atoms with E-state index in [-0.39, 0.29) is 11.4 Å². The fourth-order valence-corrected chi connectivity index (χ4v) is 3.44. The molecule has 0 fully saturated rings. The third-order valence-electron chi connectivity index (χ3n) is 4.43. The highest BCUT2D eigenvalue weighted by Crippen LogP contribution is 2.44. The molecule has 1 amide bonds. The molecule has 7 heteroatoms. The number of anilines is 1. The summed E-state index contributed by atoms with van der Waals surface area (Å²) in [5, 5.41) is 10.4. The molecule has 0 unspecified atom stereocenters. The minimum absolute atomic E-state index is 0.0337.